The Morgan fingerprint density at radius 3 is 2.54 bits per heavy atom. The fourth-order valence-corrected chi connectivity index (χ4v) is 5.43. The first-order valence-electron chi connectivity index (χ1n) is 11.9. The van der Waals surface area contributed by atoms with Crippen LogP contribution < -0.4 is 16.2 Å². The van der Waals surface area contributed by atoms with E-state index in [2.05, 4.69) is 38.8 Å². The second-order valence-electron chi connectivity index (χ2n) is 8.88. The quantitative estimate of drug-likeness (QED) is 0.370. The molecule has 4 aromatic rings. The Balaban J connectivity index is 1.49. The van der Waals surface area contributed by atoms with Crippen molar-refractivity contribution in [3.05, 3.63) is 81.7 Å². The normalized spacial score (nSPS) is 14.0. The molecule has 0 saturated carbocycles. The minimum atomic E-state index is -3.42. The van der Waals surface area contributed by atoms with E-state index in [-0.39, 0.29) is 15.5 Å². The summed E-state index contributed by atoms with van der Waals surface area (Å²) in [5, 5.41) is 7.40. The summed E-state index contributed by atoms with van der Waals surface area (Å²) in [4.78, 5) is 22.6. The molecule has 2 aromatic carbocycles. The number of halogens is 1. The van der Waals surface area contributed by atoms with Crippen LogP contribution in [0.25, 0.3) is 27.7 Å². The van der Waals surface area contributed by atoms with E-state index in [4.69, 9.17) is 11.6 Å². The van der Waals surface area contributed by atoms with Crippen LogP contribution in [-0.4, -0.2) is 42.3 Å². The van der Waals surface area contributed by atoms with Gasteiger partial charge in [0.05, 0.1) is 4.90 Å². The van der Waals surface area contributed by atoms with Gasteiger partial charge in [0, 0.05) is 52.8 Å². The number of nitrogens with one attached hydrogen (secondary N) is 2. The molecule has 0 aliphatic carbocycles. The molecular weight excluding hydrogens is 510 g/mol. The maximum absolute atomic E-state index is 13.4. The minimum absolute atomic E-state index is 0.0948. The molecule has 0 saturated heterocycles. The van der Waals surface area contributed by atoms with E-state index in [1.807, 2.05) is 19.1 Å². The van der Waals surface area contributed by atoms with Gasteiger partial charge in [-0.25, -0.2) is 13.4 Å². The number of rotatable bonds is 6. The van der Waals surface area contributed by atoms with Crippen LogP contribution >= 0.6 is 11.6 Å². The summed E-state index contributed by atoms with van der Waals surface area (Å²) in [6, 6.07) is 14.2. The summed E-state index contributed by atoms with van der Waals surface area (Å²) in [6.07, 6.45) is 5.99. The molecule has 0 bridgehead atoms. The monoisotopic (exact) mass is 535 g/mol. The predicted molar refractivity (Wildman–Crippen MR) is 148 cm³/mol. The molecule has 0 spiro atoms. The third kappa shape index (κ3) is 5.16. The van der Waals surface area contributed by atoms with Gasteiger partial charge < -0.3 is 10.6 Å². The summed E-state index contributed by atoms with van der Waals surface area (Å²) in [5.41, 5.74) is 4.41. The van der Waals surface area contributed by atoms with Crippen LogP contribution in [0, 0.1) is 0 Å². The summed E-state index contributed by atoms with van der Waals surface area (Å²) in [5.74, 6) is 0.381. The van der Waals surface area contributed by atoms with Crippen molar-refractivity contribution in [2.45, 2.75) is 24.8 Å². The molecule has 1 aliphatic rings. The largest absolute Gasteiger partial charge is 0.324 e. The Bertz CT molecular complexity index is 1700. The lowest BCUT2D eigenvalue weighted by molar-refractivity contribution is 0.602. The van der Waals surface area contributed by atoms with Crippen LogP contribution in [0.15, 0.2) is 70.5 Å². The molecule has 3 heterocycles. The smallest absolute Gasteiger partial charge is 0.260 e. The van der Waals surface area contributed by atoms with Gasteiger partial charge in [-0.2, -0.15) is 4.98 Å². The summed E-state index contributed by atoms with van der Waals surface area (Å²) < 4.78 is 25.3. The van der Waals surface area contributed by atoms with E-state index < -0.39 is 9.84 Å². The lowest BCUT2D eigenvalue weighted by atomic mass is 10.0. The first-order chi connectivity index (χ1) is 17.7. The highest BCUT2D eigenvalue weighted by Crippen LogP contribution is 2.30. The van der Waals surface area contributed by atoms with Crippen LogP contribution in [0.4, 0.5) is 11.6 Å². The van der Waals surface area contributed by atoms with Crippen molar-refractivity contribution in [1.82, 2.24) is 19.9 Å². The number of benzene rings is 2. The molecule has 0 unspecified atom stereocenters. The Labute approximate surface area is 220 Å². The molecule has 0 radical (unpaired) electrons. The maximum atomic E-state index is 13.4. The number of fused-ring (bicyclic) bond motifs is 1. The highest BCUT2D eigenvalue weighted by atomic mass is 35.5. The number of hydrogen-bond donors (Lipinski definition) is 2. The molecule has 8 nitrogen and oxygen atoms in total. The number of nitrogens with zero attached hydrogens (tertiary/aromatic N) is 3. The molecule has 0 amide bonds. The van der Waals surface area contributed by atoms with Gasteiger partial charge >= 0.3 is 0 Å². The lowest BCUT2D eigenvalue weighted by Crippen LogP contribution is -2.22. The zero-order valence-electron chi connectivity index (χ0n) is 20.5. The fraction of sp³-hybridized carbons (Fsp3) is 0.222. The van der Waals surface area contributed by atoms with E-state index in [1.54, 1.807) is 22.9 Å². The Morgan fingerprint density at radius 2 is 1.89 bits per heavy atom. The zero-order valence-corrected chi connectivity index (χ0v) is 22.0. The summed E-state index contributed by atoms with van der Waals surface area (Å²) in [6.45, 7) is 4.12. The van der Waals surface area contributed by atoms with E-state index in [9.17, 15) is 13.2 Å². The predicted octanol–water partition coefficient (Wildman–Crippen LogP) is 4.66. The number of sulfone groups is 1. The topological polar surface area (TPSA) is 106 Å². The van der Waals surface area contributed by atoms with Gasteiger partial charge in [-0.05, 0) is 61.4 Å². The Kier molecular flexibility index (Phi) is 6.85. The van der Waals surface area contributed by atoms with Crippen LogP contribution in [0.1, 0.15) is 18.9 Å². The zero-order chi connectivity index (χ0) is 26.2. The molecule has 0 fully saturated rings. The minimum Gasteiger partial charge on any atom is -0.324 e. The molecule has 0 atom stereocenters. The van der Waals surface area contributed by atoms with Crippen molar-refractivity contribution in [3.63, 3.8) is 0 Å². The first-order valence-corrected chi connectivity index (χ1v) is 14.2. The summed E-state index contributed by atoms with van der Waals surface area (Å²) >= 11 is 6.40. The second kappa shape index (κ2) is 10.1. The van der Waals surface area contributed by atoms with E-state index in [0.29, 0.717) is 34.7 Å². The average molecular weight is 536 g/mol. The van der Waals surface area contributed by atoms with E-state index >= 15 is 0 Å². The Morgan fingerprint density at radius 1 is 1.11 bits per heavy atom. The van der Waals surface area contributed by atoms with Crippen LogP contribution in [0.3, 0.4) is 0 Å². The van der Waals surface area contributed by atoms with Crippen molar-refractivity contribution < 1.29 is 8.42 Å². The van der Waals surface area contributed by atoms with Crippen molar-refractivity contribution in [3.8, 4) is 11.1 Å². The number of anilines is 2. The summed E-state index contributed by atoms with van der Waals surface area (Å²) in [7, 11) is -3.42. The molecular formula is C27H26ClN5O3S. The molecule has 37 heavy (non-hydrogen) atoms. The highest BCUT2D eigenvalue weighted by molar-refractivity contribution is 7.90. The van der Waals surface area contributed by atoms with Gasteiger partial charge in [0.25, 0.3) is 5.56 Å². The van der Waals surface area contributed by atoms with Gasteiger partial charge in [0.15, 0.2) is 9.84 Å². The molecule has 10 heteroatoms. The van der Waals surface area contributed by atoms with Crippen molar-refractivity contribution in [2.75, 3.05) is 24.7 Å². The number of aryl methyl sites for hydroxylation is 1. The standard InChI is InChI=1S/C27H26ClN5O3S/c1-3-33-25-19(14-23(26(33)34)22-9-8-21(15-24(22)28)37(2,35)36)16-30-27(32-25)31-20-6-4-17(5-7-20)18-10-12-29-13-11-18/h4-10,14-16,29H,3,11-13H2,1-2H3,(H,30,31,32). The van der Waals surface area contributed by atoms with E-state index in [1.165, 1.54) is 23.3 Å². The van der Waals surface area contributed by atoms with Crippen LogP contribution in [-0.2, 0) is 16.4 Å². The molecule has 2 aromatic heterocycles. The molecule has 190 valence electrons. The molecule has 2 N–H and O–H groups in total. The number of pyridine rings is 1. The van der Waals surface area contributed by atoms with Gasteiger partial charge in [-0.1, -0.05) is 35.9 Å². The van der Waals surface area contributed by atoms with Gasteiger partial charge in [0.2, 0.25) is 5.95 Å². The SMILES string of the molecule is CCn1c(=O)c(-c2ccc(S(C)(=O)=O)cc2Cl)cc2cnc(Nc3ccc(C4=CCNCC4)cc3)nc21. The van der Waals surface area contributed by atoms with Crippen LogP contribution in [0.5, 0.6) is 0 Å². The van der Waals surface area contributed by atoms with Gasteiger partial charge in [0.1, 0.15) is 5.65 Å². The molecule has 5 rings (SSSR count). The highest BCUT2D eigenvalue weighted by Gasteiger charge is 2.17. The van der Waals surface area contributed by atoms with Gasteiger partial charge in [-0.15, -0.1) is 0 Å². The fourth-order valence-electron chi connectivity index (χ4n) is 4.43. The third-order valence-electron chi connectivity index (χ3n) is 6.38. The average Bonchev–Trinajstić information content (AvgIpc) is 2.89. The number of hydrogen-bond acceptors (Lipinski definition) is 7. The Hall–Kier alpha value is -3.53. The number of aromatic nitrogens is 3. The third-order valence-corrected chi connectivity index (χ3v) is 7.80. The lowest BCUT2D eigenvalue weighted by Gasteiger charge is -2.15. The maximum Gasteiger partial charge on any atom is 0.260 e. The van der Waals surface area contributed by atoms with Crippen molar-refractivity contribution in [2.24, 2.45) is 0 Å². The second-order valence-corrected chi connectivity index (χ2v) is 11.3. The van der Waals surface area contributed by atoms with Crippen molar-refractivity contribution in [1.29, 1.82) is 0 Å². The molecule has 1 aliphatic heterocycles. The first kappa shape index (κ1) is 25.1. The van der Waals surface area contributed by atoms with E-state index in [0.717, 1.165) is 31.5 Å². The van der Waals surface area contributed by atoms with Crippen LogP contribution in [0.2, 0.25) is 5.02 Å². The van der Waals surface area contributed by atoms with Gasteiger partial charge in [-0.3, -0.25) is 9.36 Å². The van der Waals surface area contributed by atoms with Crippen molar-refractivity contribution >= 4 is 49.7 Å².